The zero-order valence-corrected chi connectivity index (χ0v) is 19.4. The first-order valence-electron chi connectivity index (χ1n) is 11.5. The van der Waals surface area contributed by atoms with Crippen LogP contribution in [0.5, 0.6) is 0 Å². The number of rotatable bonds is 4. The SMILES string of the molecule is C[C@H]1C[C@@]2(CCN1Cc1cn(C3CCOCC3)nn1)OCCc1c2sc(C(F)(F)F)c1CO. The van der Waals surface area contributed by atoms with Crippen molar-refractivity contribution in [1.82, 2.24) is 19.9 Å². The Hall–Kier alpha value is -1.53. The summed E-state index contributed by atoms with van der Waals surface area (Å²) in [4.78, 5) is 2.27. The Kier molecular flexibility index (Phi) is 6.28. The molecule has 2 saturated heterocycles. The molecular weight excluding hydrogens is 457 g/mol. The van der Waals surface area contributed by atoms with E-state index in [2.05, 4.69) is 22.1 Å². The second kappa shape index (κ2) is 8.92. The lowest BCUT2D eigenvalue weighted by Crippen LogP contribution is -2.50. The van der Waals surface area contributed by atoms with Gasteiger partial charge in [0.2, 0.25) is 0 Å². The maximum Gasteiger partial charge on any atom is 0.425 e. The molecule has 11 heteroatoms. The van der Waals surface area contributed by atoms with E-state index in [9.17, 15) is 18.3 Å². The summed E-state index contributed by atoms with van der Waals surface area (Å²) in [5.41, 5.74) is 0.847. The molecular formula is C22H29F3N4O3S. The molecule has 2 aromatic heterocycles. The molecule has 5 rings (SSSR count). The summed E-state index contributed by atoms with van der Waals surface area (Å²) in [6, 6.07) is 0.422. The van der Waals surface area contributed by atoms with Gasteiger partial charge in [0.15, 0.2) is 0 Å². The van der Waals surface area contributed by atoms with Crippen LogP contribution in [0, 0.1) is 0 Å². The van der Waals surface area contributed by atoms with Crippen LogP contribution in [0.1, 0.15) is 65.2 Å². The Labute approximate surface area is 194 Å². The highest BCUT2D eigenvalue weighted by atomic mass is 32.1. The van der Waals surface area contributed by atoms with Gasteiger partial charge in [0, 0.05) is 42.8 Å². The molecule has 2 aromatic rings. The summed E-state index contributed by atoms with van der Waals surface area (Å²) in [5.74, 6) is 0. The van der Waals surface area contributed by atoms with Gasteiger partial charge in [-0.1, -0.05) is 5.21 Å². The van der Waals surface area contributed by atoms with E-state index in [0.717, 1.165) is 43.1 Å². The van der Waals surface area contributed by atoms with Crippen LogP contribution >= 0.6 is 11.3 Å². The number of hydrogen-bond acceptors (Lipinski definition) is 7. The molecule has 182 valence electrons. The predicted molar refractivity (Wildman–Crippen MR) is 115 cm³/mol. The van der Waals surface area contributed by atoms with Crippen molar-refractivity contribution in [2.75, 3.05) is 26.4 Å². The lowest BCUT2D eigenvalue weighted by Gasteiger charge is -2.47. The van der Waals surface area contributed by atoms with Crippen LogP contribution in [0.15, 0.2) is 6.20 Å². The highest BCUT2D eigenvalue weighted by Crippen LogP contribution is 2.51. The van der Waals surface area contributed by atoms with Gasteiger partial charge in [-0.25, -0.2) is 4.68 Å². The standard InChI is InChI=1S/C22H29F3N4O3S/c1-14-10-21(19-17(4-9-32-21)18(13-30)20(33-19)22(23,24)25)5-6-28(14)11-15-12-29(27-26-15)16-2-7-31-8-3-16/h12,14,16,30H,2-11,13H2,1H3/t14-,21+/m0/s1. The Morgan fingerprint density at radius 1 is 1.27 bits per heavy atom. The minimum atomic E-state index is -4.47. The van der Waals surface area contributed by atoms with Crippen molar-refractivity contribution < 1.29 is 27.8 Å². The minimum absolute atomic E-state index is 0.0324. The van der Waals surface area contributed by atoms with Crippen LogP contribution in [-0.4, -0.2) is 57.4 Å². The zero-order chi connectivity index (χ0) is 23.2. The Morgan fingerprint density at radius 2 is 2.06 bits per heavy atom. The maximum absolute atomic E-state index is 13.6. The molecule has 0 bridgehead atoms. The lowest BCUT2D eigenvalue weighted by molar-refractivity contribution is -0.135. The molecule has 0 unspecified atom stereocenters. The number of alkyl halides is 3. The van der Waals surface area contributed by atoms with Gasteiger partial charge in [-0.2, -0.15) is 13.2 Å². The molecule has 0 aliphatic carbocycles. The molecule has 0 saturated carbocycles. The van der Waals surface area contributed by atoms with Crippen molar-refractivity contribution >= 4 is 11.3 Å². The predicted octanol–water partition coefficient (Wildman–Crippen LogP) is 3.65. The van der Waals surface area contributed by atoms with Crippen LogP contribution in [0.4, 0.5) is 13.2 Å². The van der Waals surface area contributed by atoms with Gasteiger partial charge in [0.1, 0.15) is 10.5 Å². The fourth-order valence-electron chi connectivity index (χ4n) is 5.49. The fourth-order valence-corrected chi connectivity index (χ4v) is 6.90. The van der Waals surface area contributed by atoms with E-state index in [4.69, 9.17) is 9.47 Å². The van der Waals surface area contributed by atoms with Crippen molar-refractivity contribution in [2.45, 2.75) is 76.0 Å². The molecule has 1 spiro atoms. The third-order valence-corrected chi connectivity index (χ3v) is 8.72. The van der Waals surface area contributed by atoms with Gasteiger partial charge in [-0.3, -0.25) is 4.90 Å². The van der Waals surface area contributed by atoms with Crippen LogP contribution in [-0.2, 0) is 40.8 Å². The normalized spacial score (nSPS) is 27.2. The summed E-state index contributed by atoms with van der Waals surface area (Å²) in [6.45, 7) is 4.69. The molecule has 3 aliphatic rings. The largest absolute Gasteiger partial charge is 0.425 e. The van der Waals surface area contributed by atoms with Crippen molar-refractivity contribution in [3.63, 3.8) is 0 Å². The van der Waals surface area contributed by atoms with Gasteiger partial charge in [0.25, 0.3) is 0 Å². The van der Waals surface area contributed by atoms with E-state index in [-0.39, 0.29) is 11.6 Å². The van der Waals surface area contributed by atoms with Crippen molar-refractivity contribution in [3.8, 4) is 0 Å². The molecule has 0 radical (unpaired) electrons. The zero-order valence-electron chi connectivity index (χ0n) is 18.6. The highest BCUT2D eigenvalue weighted by Gasteiger charge is 2.48. The maximum atomic E-state index is 13.6. The summed E-state index contributed by atoms with van der Waals surface area (Å²) in [5, 5.41) is 18.4. The number of nitrogens with zero attached hydrogens (tertiary/aromatic N) is 4. The minimum Gasteiger partial charge on any atom is -0.392 e. The number of ether oxygens (including phenoxy) is 2. The Bertz CT molecular complexity index is 988. The van der Waals surface area contributed by atoms with E-state index in [0.29, 0.717) is 55.4 Å². The summed E-state index contributed by atoms with van der Waals surface area (Å²) < 4.78 is 54.4. The van der Waals surface area contributed by atoms with Gasteiger partial charge in [-0.15, -0.1) is 16.4 Å². The molecule has 3 aliphatic heterocycles. The van der Waals surface area contributed by atoms with Gasteiger partial charge in [0.05, 0.1) is 31.1 Å². The molecule has 2 atom stereocenters. The lowest BCUT2D eigenvalue weighted by atomic mass is 9.81. The Balaban J connectivity index is 1.32. The summed E-state index contributed by atoms with van der Waals surface area (Å²) >= 11 is 0.761. The van der Waals surface area contributed by atoms with E-state index in [1.165, 1.54) is 0 Å². The van der Waals surface area contributed by atoms with Crippen LogP contribution < -0.4 is 0 Å². The van der Waals surface area contributed by atoms with E-state index in [1.807, 2.05) is 10.9 Å². The molecule has 2 fully saturated rings. The van der Waals surface area contributed by atoms with Crippen molar-refractivity contribution in [1.29, 1.82) is 0 Å². The highest BCUT2D eigenvalue weighted by molar-refractivity contribution is 7.12. The number of hydrogen-bond donors (Lipinski definition) is 1. The van der Waals surface area contributed by atoms with E-state index >= 15 is 0 Å². The number of aliphatic hydroxyl groups excluding tert-OH is 1. The number of piperidine rings is 1. The van der Waals surface area contributed by atoms with Crippen LogP contribution in [0.25, 0.3) is 0 Å². The number of halogens is 3. The third kappa shape index (κ3) is 4.34. The van der Waals surface area contributed by atoms with Crippen LogP contribution in [0.2, 0.25) is 0 Å². The molecule has 5 heterocycles. The average molecular weight is 487 g/mol. The summed E-state index contributed by atoms with van der Waals surface area (Å²) in [7, 11) is 0. The van der Waals surface area contributed by atoms with Crippen molar-refractivity contribution in [3.05, 3.63) is 32.8 Å². The van der Waals surface area contributed by atoms with Gasteiger partial charge >= 0.3 is 6.18 Å². The molecule has 7 nitrogen and oxygen atoms in total. The second-order valence-electron chi connectivity index (χ2n) is 9.27. The quantitative estimate of drug-likeness (QED) is 0.711. The molecule has 0 amide bonds. The van der Waals surface area contributed by atoms with E-state index < -0.39 is 23.3 Å². The number of aromatic nitrogens is 3. The first-order chi connectivity index (χ1) is 15.8. The monoisotopic (exact) mass is 486 g/mol. The van der Waals surface area contributed by atoms with Gasteiger partial charge < -0.3 is 14.6 Å². The first-order valence-corrected chi connectivity index (χ1v) is 12.3. The topological polar surface area (TPSA) is 72.6 Å². The van der Waals surface area contributed by atoms with Gasteiger partial charge in [-0.05, 0) is 44.6 Å². The number of fused-ring (bicyclic) bond motifs is 2. The van der Waals surface area contributed by atoms with Crippen LogP contribution in [0.3, 0.4) is 0 Å². The first kappa shape index (κ1) is 23.2. The number of aliphatic hydroxyl groups is 1. The smallest absolute Gasteiger partial charge is 0.392 e. The number of likely N-dealkylation sites (tertiary alicyclic amines) is 1. The summed E-state index contributed by atoms with van der Waals surface area (Å²) in [6.07, 6.45) is 1.03. The van der Waals surface area contributed by atoms with Crippen molar-refractivity contribution in [2.24, 2.45) is 0 Å². The second-order valence-corrected chi connectivity index (χ2v) is 10.3. The van der Waals surface area contributed by atoms with E-state index in [1.54, 1.807) is 0 Å². The molecule has 1 N–H and O–H groups in total. The Morgan fingerprint density at radius 3 is 2.76 bits per heavy atom. The molecule has 0 aromatic carbocycles. The number of thiophene rings is 1. The molecule has 33 heavy (non-hydrogen) atoms. The third-order valence-electron chi connectivity index (χ3n) is 7.22. The fraction of sp³-hybridized carbons (Fsp3) is 0.727. The average Bonchev–Trinajstić information content (AvgIpc) is 3.42.